The van der Waals surface area contributed by atoms with E-state index < -0.39 is 17.1 Å². The first-order valence-corrected chi connectivity index (χ1v) is 5.34. The SMILES string of the molecule is CC(C)(C#N)C(=O)Nc1ccc(Br)c(F)c1. The van der Waals surface area contributed by atoms with Gasteiger partial charge in [-0.1, -0.05) is 0 Å². The van der Waals surface area contributed by atoms with Crippen molar-refractivity contribution in [2.24, 2.45) is 5.41 Å². The number of nitriles is 1. The Bertz CT molecular complexity index is 466. The van der Waals surface area contributed by atoms with Crippen LogP contribution in [-0.4, -0.2) is 5.91 Å². The number of hydrogen-bond donors (Lipinski definition) is 1. The highest BCUT2D eigenvalue weighted by Gasteiger charge is 2.27. The predicted molar refractivity (Wildman–Crippen MR) is 62.1 cm³/mol. The average molecular weight is 285 g/mol. The Labute approximate surface area is 101 Å². The monoisotopic (exact) mass is 284 g/mol. The Morgan fingerprint density at radius 2 is 2.19 bits per heavy atom. The first-order valence-electron chi connectivity index (χ1n) is 4.54. The van der Waals surface area contributed by atoms with Gasteiger partial charge in [0.2, 0.25) is 5.91 Å². The Morgan fingerprint density at radius 1 is 1.56 bits per heavy atom. The molecule has 0 heterocycles. The first-order chi connectivity index (χ1) is 7.36. The van der Waals surface area contributed by atoms with Crippen molar-refractivity contribution in [2.75, 3.05) is 5.32 Å². The molecule has 0 saturated heterocycles. The van der Waals surface area contributed by atoms with Gasteiger partial charge in [-0.05, 0) is 48.0 Å². The van der Waals surface area contributed by atoms with E-state index in [-0.39, 0.29) is 0 Å². The Kier molecular flexibility index (Phi) is 3.66. The quantitative estimate of drug-likeness (QED) is 0.907. The number of rotatable bonds is 2. The smallest absolute Gasteiger partial charge is 0.244 e. The summed E-state index contributed by atoms with van der Waals surface area (Å²) in [6.45, 7) is 3.00. The Morgan fingerprint density at radius 3 is 2.69 bits per heavy atom. The van der Waals surface area contributed by atoms with E-state index in [0.29, 0.717) is 10.2 Å². The molecule has 0 saturated carbocycles. The van der Waals surface area contributed by atoms with Crippen LogP contribution in [0.2, 0.25) is 0 Å². The number of halogens is 2. The summed E-state index contributed by atoms with van der Waals surface area (Å²) in [6.07, 6.45) is 0. The van der Waals surface area contributed by atoms with Gasteiger partial charge in [-0.2, -0.15) is 5.26 Å². The summed E-state index contributed by atoms with van der Waals surface area (Å²) in [5, 5.41) is 11.2. The van der Waals surface area contributed by atoms with Crippen LogP contribution in [-0.2, 0) is 4.79 Å². The zero-order chi connectivity index (χ0) is 12.3. The van der Waals surface area contributed by atoms with E-state index in [0.717, 1.165) is 0 Å². The summed E-state index contributed by atoms with van der Waals surface area (Å²) in [7, 11) is 0. The molecule has 0 aromatic heterocycles. The summed E-state index contributed by atoms with van der Waals surface area (Å²) in [5.74, 6) is -0.927. The van der Waals surface area contributed by atoms with E-state index in [9.17, 15) is 9.18 Å². The lowest BCUT2D eigenvalue weighted by Gasteiger charge is -2.15. The number of anilines is 1. The highest BCUT2D eigenvalue weighted by atomic mass is 79.9. The number of benzene rings is 1. The van der Waals surface area contributed by atoms with E-state index in [1.165, 1.54) is 26.0 Å². The number of carbonyl (C=O) groups excluding carboxylic acids is 1. The molecule has 1 aromatic rings. The van der Waals surface area contributed by atoms with Crippen LogP contribution in [0.4, 0.5) is 10.1 Å². The summed E-state index contributed by atoms with van der Waals surface area (Å²) < 4.78 is 13.5. The van der Waals surface area contributed by atoms with Gasteiger partial charge >= 0.3 is 0 Å². The van der Waals surface area contributed by atoms with Gasteiger partial charge in [-0.3, -0.25) is 4.79 Å². The molecule has 0 unspecified atom stereocenters. The molecule has 84 valence electrons. The van der Waals surface area contributed by atoms with Crippen molar-refractivity contribution in [2.45, 2.75) is 13.8 Å². The molecule has 0 fully saturated rings. The van der Waals surface area contributed by atoms with E-state index in [1.54, 1.807) is 6.07 Å². The molecule has 0 aliphatic carbocycles. The molecular weight excluding hydrogens is 275 g/mol. The fraction of sp³-hybridized carbons (Fsp3) is 0.273. The van der Waals surface area contributed by atoms with Crippen molar-refractivity contribution >= 4 is 27.5 Å². The first kappa shape index (κ1) is 12.7. The maximum absolute atomic E-state index is 13.1. The lowest BCUT2D eigenvalue weighted by atomic mass is 9.94. The van der Waals surface area contributed by atoms with Crippen LogP contribution in [0.1, 0.15) is 13.8 Å². The van der Waals surface area contributed by atoms with Crippen LogP contribution in [0, 0.1) is 22.6 Å². The maximum Gasteiger partial charge on any atom is 0.244 e. The van der Waals surface area contributed by atoms with Crippen LogP contribution in [0.3, 0.4) is 0 Å². The number of amides is 1. The highest BCUT2D eigenvalue weighted by Crippen LogP contribution is 2.21. The minimum absolute atomic E-state index is 0.324. The molecule has 0 spiro atoms. The van der Waals surface area contributed by atoms with E-state index in [4.69, 9.17) is 5.26 Å². The molecule has 1 aromatic carbocycles. The third kappa shape index (κ3) is 2.80. The normalized spacial score (nSPS) is 10.7. The molecule has 0 aliphatic rings. The lowest BCUT2D eigenvalue weighted by molar-refractivity contribution is -0.121. The third-order valence-electron chi connectivity index (χ3n) is 2.02. The molecule has 1 N–H and O–H groups in total. The third-order valence-corrected chi connectivity index (χ3v) is 2.67. The largest absolute Gasteiger partial charge is 0.325 e. The number of nitrogens with zero attached hydrogens (tertiary/aromatic N) is 1. The van der Waals surface area contributed by atoms with Gasteiger partial charge in [0.1, 0.15) is 11.2 Å². The number of carbonyl (C=O) groups is 1. The molecule has 1 rings (SSSR count). The van der Waals surface area contributed by atoms with Crippen LogP contribution in [0.15, 0.2) is 22.7 Å². The zero-order valence-electron chi connectivity index (χ0n) is 8.84. The van der Waals surface area contributed by atoms with Gasteiger partial charge in [0.25, 0.3) is 0 Å². The summed E-state index contributed by atoms with van der Waals surface area (Å²) in [5.41, 5.74) is -0.808. The molecule has 0 atom stereocenters. The van der Waals surface area contributed by atoms with Crippen molar-refractivity contribution in [3.63, 3.8) is 0 Å². The summed E-state index contributed by atoms with van der Waals surface area (Å²) in [6, 6.07) is 6.11. The van der Waals surface area contributed by atoms with Crippen molar-refractivity contribution in [3.8, 4) is 6.07 Å². The fourth-order valence-electron chi connectivity index (χ4n) is 0.912. The van der Waals surface area contributed by atoms with Crippen molar-refractivity contribution in [3.05, 3.63) is 28.5 Å². The second-order valence-electron chi connectivity index (χ2n) is 3.82. The molecular formula is C11H10BrFN2O. The van der Waals surface area contributed by atoms with Gasteiger partial charge in [0.05, 0.1) is 10.5 Å². The summed E-state index contributed by atoms with van der Waals surface area (Å²) >= 11 is 3.01. The van der Waals surface area contributed by atoms with Crippen molar-refractivity contribution in [1.82, 2.24) is 0 Å². The van der Waals surface area contributed by atoms with Crippen molar-refractivity contribution < 1.29 is 9.18 Å². The Hall–Kier alpha value is -1.41. The number of nitrogens with one attached hydrogen (secondary N) is 1. The van der Waals surface area contributed by atoms with Gasteiger partial charge < -0.3 is 5.32 Å². The van der Waals surface area contributed by atoms with Crippen LogP contribution in [0.25, 0.3) is 0 Å². The molecule has 0 bridgehead atoms. The van der Waals surface area contributed by atoms with E-state index >= 15 is 0 Å². The highest BCUT2D eigenvalue weighted by molar-refractivity contribution is 9.10. The predicted octanol–water partition coefficient (Wildman–Crippen LogP) is 3.08. The van der Waals surface area contributed by atoms with E-state index in [2.05, 4.69) is 21.2 Å². The minimum Gasteiger partial charge on any atom is -0.325 e. The number of hydrogen-bond acceptors (Lipinski definition) is 2. The van der Waals surface area contributed by atoms with Gasteiger partial charge in [-0.25, -0.2) is 4.39 Å². The Balaban J connectivity index is 2.87. The van der Waals surface area contributed by atoms with Gasteiger partial charge in [-0.15, -0.1) is 0 Å². The van der Waals surface area contributed by atoms with E-state index in [1.807, 2.05) is 6.07 Å². The van der Waals surface area contributed by atoms with Crippen LogP contribution < -0.4 is 5.32 Å². The fourth-order valence-corrected chi connectivity index (χ4v) is 1.16. The van der Waals surface area contributed by atoms with Gasteiger partial charge in [0.15, 0.2) is 0 Å². The standard InChI is InChI=1S/C11H10BrFN2O/c1-11(2,6-14)10(16)15-7-3-4-8(12)9(13)5-7/h3-5H,1-2H3,(H,15,16). The molecule has 0 aliphatic heterocycles. The summed E-state index contributed by atoms with van der Waals surface area (Å²) in [4.78, 5) is 11.6. The molecule has 3 nitrogen and oxygen atoms in total. The topological polar surface area (TPSA) is 52.9 Å². The van der Waals surface area contributed by atoms with Crippen LogP contribution in [0.5, 0.6) is 0 Å². The zero-order valence-corrected chi connectivity index (χ0v) is 10.4. The molecule has 0 radical (unpaired) electrons. The second-order valence-corrected chi connectivity index (χ2v) is 4.67. The van der Waals surface area contributed by atoms with Crippen LogP contribution >= 0.6 is 15.9 Å². The molecule has 1 amide bonds. The lowest BCUT2D eigenvalue weighted by Crippen LogP contribution is -2.29. The minimum atomic E-state index is -1.14. The molecule has 16 heavy (non-hydrogen) atoms. The second kappa shape index (κ2) is 4.62. The van der Waals surface area contributed by atoms with Crippen molar-refractivity contribution in [1.29, 1.82) is 5.26 Å². The maximum atomic E-state index is 13.1. The molecule has 5 heteroatoms. The average Bonchev–Trinajstić information content (AvgIpc) is 2.23. The van der Waals surface area contributed by atoms with Gasteiger partial charge in [0, 0.05) is 5.69 Å².